The average molecular weight is 361 g/mol. The number of aromatic nitrogens is 2. The van der Waals surface area contributed by atoms with Crippen molar-refractivity contribution in [1.82, 2.24) is 9.97 Å². The zero-order chi connectivity index (χ0) is 16.5. The number of nitrogens with zero attached hydrogens (tertiary/aromatic N) is 3. The molecule has 7 heteroatoms. The number of benzene rings is 1. The van der Waals surface area contributed by atoms with Gasteiger partial charge in [0, 0.05) is 28.6 Å². The maximum Gasteiger partial charge on any atom is 0.186 e. The van der Waals surface area contributed by atoms with Gasteiger partial charge in [0.05, 0.1) is 18.8 Å². The topological polar surface area (TPSA) is 38.2 Å². The van der Waals surface area contributed by atoms with Crippen molar-refractivity contribution in [2.45, 2.75) is 13.0 Å². The normalized spacial score (nSPS) is 18.1. The highest BCUT2D eigenvalue weighted by molar-refractivity contribution is 7.14. The largest absolute Gasteiger partial charge is 0.367 e. The highest BCUT2D eigenvalue weighted by Gasteiger charge is 2.26. The Morgan fingerprint density at radius 3 is 2.75 bits per heavy atom. The van der Waals surface area contributed by atoms with E-state index in [0.717, 1.165) is 40.2 Å². The van der Waals surface area contributed by atoms with Gasteiger partial charge in [-0.15, -0.1) is 22.7 Å². The van der Waals surface area contributed by atoms with Crippen molar-refractivity contribution in [2.75, 3.05) is 24.6 Å². The maximum absolute atomic E-state index is 13.1. The fourth-order valence-corrected chi connectivity index (χ4v) is 4.36. The van der Waals surface area contributed by atoms with Gasteiger partial charge in [0.1, 0.15) is 16.9 Å². The first-order valence-corrected chi connectivity index (χ1v) is 9.45. The Balaban J connectivity index is 1.52. The molecule has 1 fully saturated rings. The van der Waals surface area contributed by atoms with Crippen molar-refractivity contribution in [3.05, 3.63) is 51.5 Å². The molecule has 0 spiro atoms. The molecule has 0 radical (unpaired) electrons. The lowest BCUT2D eigenvalue weighted by atomic mass is 10.2. The Hall–Kier alpha value is -1.83. The van der Waals surface area contributed by atoms with Gasteiger partial charge < -0.3 is 9.64 Å². The highest BCUT2D eigenvalue weighted by atomic mass is 32.1. The monoisotopic (exact) mass is 361 g/mol. The fourth-order valence-electron chi connectivity index (χ4n) is 2.66. The minimum Gasteiger partial charge on any atom is -0.367 e. The van der Waals surface area contributed by atoms with Crippen LogP contribution in [0.5, 0.6) is 0 Å². The summed E-state index contributed by atoms with van der Waals surface area (Å²) in [7, 11) is 0. The average Bonchev–Trinajstić information content (AvgIpc) is 3.25. The smallest absolute Gasteiger partial charge is 0.186 e. The molecule has 1 aliphatic heterocycles. The third kappa shape index (κ3) is 3.19. The number of anilines is 1. The molecule has 0 aliphatic carbocycles. The van der Waals surface area contributed by atoms with Crippen molar-refractivity contribution >= 4 is 27.8 Å². The molecule has 4 rings (SSSR count). The second-order valence-electron chi connectivity index (χ2n) is 5.65. The van der Waals surface area contributed by atoms with Gasteiger partial charge in [0.25, 0.3) is 0 Å². The molecule has 1 aliphatic rings. The van der Waals surface area contributed by atoms with E-state index in [1.165, 1.54) is 12.1 Å². The second-order valence-corrected chi connectivity index (χ2v) is 7.38. The van der Waals surface area contributed by atoms with Crippen LogP contribution in [0.25, 0.3) is 11.3 Å². The maximum atomic E-state index is 13.1. The lowest BCUT2D eigenvalue weighted by Gasteiger charge is -2.31. The van der Waals surface area contributed by atoms with Crippen LogP contribution in [0.3, 0.4) is 0 Å². The number of hydrogen-bond acceptors (Lipinski definition) is 6. The van der Waals surface area contributed by atoms with E-state index < -0.39 is 0 Å². The fraction of sp³-hybridized carbons (Fsp3) is 0.294. The number of morpholine rings is 1. The summed E-state index contributed by atoms with van der Waals surface area (Å²) in [5.74, 6) is -0.232. The van der Waals surface area contributed by atoms with Crippen LogP contribution < -0.4 is 4.90 Å². The second kappa shape index (κ2) is 6.58. The molecule has 1 saturated heterocycles. The van der Waals surface area contributed by atoms with Crippen LogP contribution in [-0.4, -0.2) is 29.7 Å². The molecule has 2 aromatic heterocycles. The first-order valence-electron chi connectivity index (χ1n) is 7.69. The molecule has 0 amide bonds. The molecule has 0 N–H and O–H groups in total. The lowest BCUT2D eigenvalue weighted by molar-refractivity contribution is 0.0396. The number of halogens is 1. The van der Waals surface area contributed by atoms with Crippen LogP contribution in [0.4, 0.5) is 9.52 Å². The van der Waals surface area contributed by atoms with Crippen LogP contribution in [0, 0.1) is 12.7 Å². The third-order valence-corrected chi connectivity index (χ3v) is 5.84. The van der Waals surface area contributed by atoms with Gasteiger partial charge in [0.15, 0.2) is 5.13 Å². The van der Waals surface area contributed by atoms with Gasteiger partial charge in [-0.1, -0.05) is 0 Å². The number of thiazole rings is 2. The molecular formula is C17H16FN3OS2. The van der Waals surface area contributed by atoms with Gasteiger partial charge in [-0.05, 0) is 31.2 Å². The minimum absolute atomic E-state index is 0.00405. The van der Waals surface area contributed by atoms with Crippen LogP contribution >= 0.6 is 22.7 Å². The third-order valence-electron chi connectivity index (χ3n) is 3.88. The summed E-state index contributed by atoms with van der Waals surface area (Å²) in [6, 6.07) is 6.44. The van der Waals surface area contributed by atoms with E-state index in [0.29, 0.717) is 6.61 Å². The number of hydrogen-bond donors (Lipinski definition) is 0. The van der Waals surface area contributed by atoms with Crippen LogP contribution in [0.1, 0.15) is 16.8 Å². The molecule has 4 nitrogen and oxygen atoms in total. The van der Waals surface area contributed by atoms with E-state index >= 15 is 0 Å². The van der Waals surface area contributed by atoms with E-state index in [9.17, 15) is 4.39 Å². The molecular weight excluding hydrogens is 345 g/mol. The molecule has 1 atom stereocenters. The number of rotatable bonds is 3. The Morgan fingerprint density at radius 2 is 2.00 bits per heavy atom. The molecule has 0 bridgehead atoms. The Kier molecular flexibility index (Phi) is 4.30. The van der Waals surface area contributed by atoms with Crippen molar-refractivity contribution in [3.8, 4) is 11.3 Å². The van der Waals surface area contributed by atoms with Crippen LogP contribution in [0.15, 0.2) is 35.0 Å². The molecule has 124 valence electrons. The minimum atomic E-state index is -0.232. The van der Waals surface area contributed by atoms with E-state index in [1.54, 1.807) is 34.8 Å². The number of aryl methyl sites for hydroxylation is 1. The Labute approximate surface area is 147 Å². The van der Waals surface area contributed by atoms with Gasteiger partial charge in [-0.2, -0.15) is 0 Å². The first kappa shape index (κ1) is 15.7. The van der Waals surface area contributed by atoms with E-state index in [-0.39, 0.29) is 11.9 Å². The van der Waals surface area contributed by atoms with Crippen LogP contribution in [-0.2, 0) is 4.74 Å². The predicted octanol–water partition coefficient (Wildman–Crippen LogP) is 4.29. The summed E-state index contributed by atoms with van der Waals surface area (Å²) < 4.78 is 18.9. The Bertz CT molecular complexity index is 830. The first-order chi connectivity index (χ1) is 11.7. The molecule has 1 aromatic carbocycles. The quantitative estimate of drug-likeness (QED) is 0.697. The Morgan fingerprint density at radius 1 is 1.17 bits per heavy atom. The molecule has 24 heavy (non-hydrogen) atoms. The molecule has 3 heterocycles. The summed E-state index contributed by atoms with van der Waals surface area (Å²) in [5, 5.41) is 6.05. The molecule has 0 saturated carbocycles. The predicted molar refractivity (Wildman–Crippen MR) is 95.3 cm³/mol. The van der Waals surface area contributed by atoms with E-state index in [2.05, 4.69) is 9.88 Å². The van der Waals surface area contributed by atoms with Crippen molar-refractivity contribution < 1.29 is 9.13 Å². The summed E-state index contributed by atoms with van der Waals surface area (Å²) in [5.41, 5.74) is 2.84. The summed E-state index contributed by atoms with van der Waals surface area (Å²) in [6.45, 7) is 4.23. The van der Waals surface area contributed by atoms with E-state index in [4.69, 9.17) is 9.72 Å². The van der Waals surface area contributed by atoms with E-state index in [1.807, 2.05) is 17.7 Å². The van der Waals surface area contributed by atoms with Gasteiger partial charge >= 0.3 is 0 Å². The summed E-state index contributed by atoms with van der Waals surface area (Å²) in [4.78, 5) is 11.5. The molecule has 3 aromatic rings. The van der Waals surface area contributed by atoms with Gasteiger partial charge in [-0.25, -0.2) is 14.4 Å². The summed E-state index contributed by atoms with van der Waals surface area (Å²) in [6.07, 6.45) is -0.00405. The number of ether oxygens (including phenoxy) is 1. The summed E-state index contributed by atoms with van der Waals surface area (Å²) >= 11 is 3.25. The highest BCUT2D eigenvalue weighted by Crippen LogP contribution is 2.32. The zero-order valence-corrected chi connectivity index (χ0v) is 14.7. The zero-order valence-electron chi connectivity index (χ0n) is 13.1. The van der Waals surface area contributed by atoms with Crippen molar-refractivity contribution in [3.63, 3.8) is 0 Å². The van der Waals surface area contributed by atoms with Crippen molar-refractivity contribution in [2.24, 2.45) is 0 Å². The van der Waals surface area contributed by atoms with Gasteiger partial charge in [0.2, 0.25) is 0 Å². The van der Waals surface area contributed by atoms with Crippen molar-refractivity contribution in [1.29, 1.82) is 0 Å². The lowest BCUT2D eigenvalue weighted by Crippen LogP contribution is -2.38. The van der Waals surface area contributed by atoms with Crippen LogP contribution in [0.2, 0.25) is 0 Å². The standard InChI is InChI=1S/C17H16FN3OS2/c1-11-9-23-16(19-11)15-8-21(6-7-22-15)17-20-14(10-24-17)12-2-4-13(18)5-3-12/h2-5,9-10,15H,6-8H2,1H3. The SMILES string of the molecule is Cc1csc(C2CN(c3nc(-c4ccc(F)cc4)cs3)CCO2)n1. The molecule has 1 unspecified atom stereocenters. The van der Waals surface area contributed by atoms with Gasteiger partial charge in [-0.3, -0.25) is 0 Å².